The van der Waals surface area contributed by atoms with E-state index in [1.165, 1.54) is 11.2 Å². The Morgan fingerprint density at radius 3 is 2.62 bits per heavy atom. The minimum Gasteiger partial charge on any atom is -0.395 e. The Bertz CT molecular complexity index is 922. The molecule has 2 aromatic heterocycles. The van der Waals surface area contributed by atoms with E-state index in [-0.39, 0.29) is 29.0 Å². The maximum Gasteiger partial charge on any atom is 0.264 e. The number of hydrogen-bond acceptors (Lipinski definition) is 4. The fourth-order valence-corrected chi connectivity index (χ4v) is 3.37. The first kappa shape index (κ1) is 18.6. The number of amides is 1. The van der Waals surface area contributed by atoms with Crippen molar-refractivity contribution in [3.63, 3.8) is 0 Å². The van der Waals surface area contributed by atoms with Gasteiger partial charge >= 0.3 is 0 Å². The Kier molecular flexibility index (Phi) is 5.76. The summed E-state index contributed by atoms with van der Waals surface area (Å²) in [5.41, 5.74) is 1.75. The molecule has 0 spiro atoms. The molecule has 2 heterocycles. The van der Waals surface area contributed by atoms with E-state index in [1.807, 2.05) is 30.5 Å². The summed E-state index contributed by atoms with van der Waals surface area (Å²) in [7, 11) is 0. The van der Waals surface area contributed by atoms with Crippen molar-refractivity contribution in [2.24, 2.45) is 0 Å². The van der Waals surface area contributed by atoms with Gasteiger partial charge in [0.25, 0.3) is 5.91 Å². The number of carbonyl (C=O) groups excluding carboxylic acids is 1. The number of benzene rings is 1. The van der Waals surface area contributed by atoms with Crippen molar-refractivity contribution < 1.29 is 9.90 Å². The molecule has 3 rings (SSSR count). The van der Waals surface area contributed by atoms with Crippen molar-refractivity contribution in [3.8, 4) is 0 Å². The molecule has 0 saturated heterocycles. The highest BCUT2D eigenvalue weighted by Gasteiger charge is 2.24. The zero-order valence-electron chi connectivity index (χ0n) is 14.2. The maximum atomic E-state index is 13.0. The second kappa shape index (κ2) is 8.03. The normalized spacial score (nSPS) is 11.1. The van der Waals surface area contributed by atoms with Crippen molar-refractivity contribution in [2.45, 2.75) is 19.9 Å². The van der Waals surface area contributed by atoms with Crippen molar-refractivity contribution in [3.05, 3.63) is 52.7 Å². The van der Waals surface area contributed by atoms with Crippen LogP contribution in [-0.2, 0) is 6.54 Å². The smallest absolute Gasteiger partial charge is 0.264 e. The average molecular weight is 393 g/mol. The summed E-state index contributed by atoms with van der Waals surface area (Å²) in [6, 6.07) is 7.71. The Balaban J connectivity index is 2.02. The lowest BCUT2D eigenvalue weighted by Crippen LogP contribution is -2.34. The molecular weight excluding hydrogens is 375 g/mol. The van der Waals surface area contributed by atoms with Crippen LogP contribution in [0, 0.1) is 0 Å². The van der Waals surface area contributed by atoms with Gasteiger partial charge in [-0.05, 0) is 30.7 Å². The van der Waals surface area contributed by atoms with Gasteiger partial charge in [-0.15, -0.1) is 0 Å². The third-order valence-corrected chi connectivity index (χ3v) is 4.64. The van der Waals surface area contributed by atoms with Gasteiger partial charge in [-0.25, -0.2) is 9.97 Å². The largest absolute Gasteiger partial charge is 0.395 e. The number of aryl methyl sites for hydroxylation is 1. The highest BCUT2D eigenvalue weighted by Crippen LogP contribution is 2.27. The lowest BCUT2D eigenvalue weighted by molar-refractivity contribution is 0.0980. The molecular formula is C18H18Cl2N4O2. The second-order valence-corrected chi connectivity index (χ2v) is 6.48. The van der Waals surface area contributed by atoms with Gasteiger partial charge in [0.05, 0.1) is 6.61 Å². The van der Waals surface area contributed by atoms with Gasteiger partial charge in [-0.2, -0.15) is 0 Å². The number of aromatic nitrogens is 3. The van der Waals surface area contributed by atoms with Gasteiger partial charge in [-0.1, -0.05) is 30.1 Å². The predicted molar refractivity (Wildman–Crippen MR) is 103 cm³/mol. The molecule has 1 aromatic carbocycles. The van der Waals surface area contributed by atoms with Gasteiger partial charge in [0.1, 0.15) is 22.2 Å². The maximum absolute atomic E-state index is 13.0. The van der Waals surface area contributed by atoms with Crippen LogP contribution in [0.3, 0.4) is 0 Å². The molecule has 0 saturated carbocycles. The number of carbonyl (C=O) groups is 1. The van der Waals surface area contributed by atoms with Gasteiger partial charge in [0.15, 0.2) is 0 Å². The third kappa shape index (κ3) is 3.53. The van der Waals surface area contributed by atoms with E-state index in [4.69, 9.17) is 23.2 Å². The number of anilines is 1. The Hall–Kier alpha value is -2.15. The molecule has 0 aliphatic heterocycles. The lowest BCUT2D eigenvalue weighted by atomic mass is 10.2. The predicted octanol–water partition coefficient (Wildman–Crippen LogP) is 3.79. The number of nitrogens with zero attached hydrogens (tertiary/aromatic N) is 4. The molecule has 0 atom stereocenters. The molecule has 0 radical (unpaired) electrons. The van der Waals surface area contributed by atoms with Crippen LogP contribution in [0.4, 0.5) is 5.69 Å². The van der Waals surface area contributed by atoms with Crippen LogP contribution in [0.1, 0.15) is 23.7 Å². The zero-order chi connectivity index (χ0) is 18.7. The fraction of sp³-hybridized carbons (Fsp3) is 0.278. The molecule has 0 aliphatic carbocycles. The van der Waals surface area contributed by atoms with Crippen LogP contribution >= 0.6 is 23.2 Å². The molecule has 0 unspecified atom stereocenters. The van der Waals surface area contributed by atoms with E-state index in [0.717, 1.165) is 23.9 Å². The van der Waals surface area contributed by atoms with Crippen LogP contribution in [-0.4, -0.2) is 38.7 Å². The zero-order valence-corrected chi connectivity index (χ0v) is 15.7. The first-order valence-electron chi connectivity index (χ1n) is 8.24. The van der Waals surface area contributed by atoms with Crippen molar-refractivity contribution >= 4 is 45.7 Å². The summed E-state index contributed by atoms with van der Waals surface area (Å²) in [5.74, 6) is -0.456. The lowest BCUT2D eigenvalue weighted by Gasteiger charge is -2.22. The van der Waals surface area contributed by atoms with Gasteiger partial charge in [-0.3, -0.25) is 4.79 Å². The monoisotopic (exact) mass is 392 g/mol. The number of halogens is 2. The minimum atomic E-state index is -0.456. The quantitative estimate of drug-likeness (QED) is 0.647. The third-order valence-electron chi connectivity index (χ3n) is 4.07. The summed E-state index contributed by atoms with van der Waals surface area (Å²) >= 11 is 12.1. The number of aliphatic hydroxyl groups is 1. The molecule has 0 fully saturated rings. The van der Waals surface area contributed by atoms with Gasteiger partial charge in [0.2, 0.25) is 0 Å². The van der Waals surface area contributed by atoms with E-state index in [0.29, 0.717) is 5.69 Å². The van der Waals surface area contributed by atoms with E-state index < -0.39 is 5.91 Å². The first-order valence-corrected chi connectivity index (χ1v) is 9.00. The molecule has 1 N–H and O–H groups in total. The molecule has 136 valence electrons. The molecule has 3 aromatic rings. The summed E-state index contributed by atoms with van der Waals surface area (Å²) in [4.78, 5) is 22.1. The van der Waals surface area contributed by atoms with Crippen LogP contribution < -0.4 is 4.90 Å². The second-order valence-electron chi connectivity index (χ2n) is 5.76. The standard InChI is InChI=1S/C18H18Cl2N4O2/c1-2-6-23-7-5-12-10-13(3-4-14(12)23)24(8-9-25)18(26)15-16(19)21-11-22-17(15)20/h3-5,7,10-11,25H,2,6,8-9H2,1H3. The summed E-state index contributed by atoms with van der Waals surface area (Å²) in [6.45, 7) is 2.94. The molecule has 0 aliphatic rings. The number of rotatable bonds is 6. The fourth-order valence-electron chi connectivity index (χ4n) is 2.90. The summed E-state index contributed by atoms with van der Waals surface area (Å²) in [6.07, 6.45) is 4.25. The number of fused-ring (bicyclic) bond motifs is 1. The Morgan fingerprint density at radius 1 is 1.23 bits per heavy atom. The van der Waals surface area contributed by atoms with Crippen LogP contribution in [0.2, 0.25) is 10.3 Å². The molecule has 6 nitrogen and oxygen atoms in total. The average Bonchev–Trinajstić information content (AvgIpc) is 3.02. The topological polar surface area (TPSA) is 71.2 Å². The molecule has 1 amide bonds. The van der Waals surface area contributed by atoms with Gasteiger partial charge < -0.3 is 14.6 Å². The Labute approximate surface area is 161 Å². The SMILES string of the molecule is CCCn1ccc2cc(N(CCO)C(=O)c3c(Cl)ncnc3Cl)ccc21. The number of aliphatic hydroxyl groups excluding tert-OH is 1. The van der Waals surface area contributed by atoms with Crippen molar-refractivity contribution in [2.75, 3.05) is 18.1 Å². The molecule has 8 heteroatoms. The van der Waals surface area contributed by atoms with Crippen molar-refractivity contribution in [1.82, 2.24) is 14.5 Å². The van der Waals surface area contributed by atoms with Crippen LogP contribution in [0.5, 0.6) is 0 Å². The van der Waals surface area contributed by atoms with Crippen molar-refractivity contribution in [1.29, 1.82) is 0 Å². The van der Waals surface area contributed by atoms with E-state index >= 15 is 0 Å². The minimum absolute atomic E-state index is 0.0203. The summed E-state index contributed by atoms with van der Waals surface area (Å²) in [5, 5.41) is 10.4. The van der Waals surface area contributed by atoms with E-state index in [9.17, 15) is 9.90 Å². The summed E-state index contributed by atoms with van der Waals surface area (Å²) < 4.78 is 2.16. The highest BCUT2D eigenvalue weighted by molar-refractivity contribution is 6.39. The van der Waals surface area contributed by atoms with Crippen LogP contribution in [0.25, 0.3) is 10.9 Å². The first-order chi connectivity index (χ1) is 12.6. The number of hydrogen-bond donors (Lipinski definition) is 1. The molecule has 0 bridgehead atoms. The van der Waals surface area contributed by atoms with Crippen LogP contribution in [0.15, 0.2) is 36.8 Å². The Morgan fingerprint density at radius 2 is 1.96 bits per heavy atom. The van der Waals surface area contributed by atoms with E-state index in [1.54, 1.807) is 0 Å². The van der Waals surface area contributed by atoms with E-state index in [2.05, 4.69) is 21.5 Å². The van der Waals surface area contributed by atoms with Gasteiger partial charge in [0, 0.05) is 35.9 Å². The molecule has 26 heavy (non-hydrogen) atoms. The highest BCUT2D eigenvalue weighted by atomic mass is 35.5.